The van der Waals surface area contributed by atoms with Crippen LogP contribution in [-0.2, 0) is 11.3 Å². The van der Waals surface area contributed by atoms with Crippen molar-refractivity contribution in [1.82, 2.24) is 14.8 Å². The second kappa shape index (κ2) is 6.74. The molecule has 2 aromatic carbocycles. The Labute approximate surface area is 163 Å². The van der Waals surface area contributed by atoms with Crippen LogP contribution in [0.5, 0.6) is 0 Å². The predicted octanol–water partition coefficient (Wildman–Crippen LogP) is 2.76. The number of carbonyl (C=O) groups excluding carboxylic acids is 1. The fourth-order valence-corrected chi connectivity index (χ4v) is 4.94. The van der Waals surface area contributed by atoms with Gasteiger partial charge in [0.1, 0.15) is 6.54 Å². The van der Waals surface area contributed by atoms with E-state index >= 15 is 0 Å². The second-order valence-electron chi connectivity index (χ2n) is 8.26. The molecule has 2 aliphatic rings. The topological polar surface area (TPSA) is 54.3 Å². The average Bonchev–Trinajstić information content (AvgIpc) is 3.19. The minimum absolute atomic E-state index is 0.0311. The number of nitrogens with zero attached hydrogens (tertiary/aromatic N) is 2. The molecular weight excluding hydrogens is 350 g/mol. The number of carbonyl (C=O) groups is 1. The van der Waals surface area contributed by atoms with Crippen LogP contribution in [0.1, 0.15) is 19.3 Å². The molecule has 5 rings (SSSR count). The van der Waals surface area contributed by atoms with Crippen LogP contribution in [0.25, 0.3) is 21.8 Å². The molecule has 1 spiro atoms. The van der Waals surface area contributed by atoms with E-state index in [-0.39, 0.29) is 17.9 Å². The molecule has 1 N–H and O–H groups in total. The van der Waals surface area contributed by atoms with E-state index in [0.29, 0.717) is 16.2 Å². The van der Waals surface area contributed by atoms with Gasteiger partial charge in [0.05, 0.1) is 11.0 Å². The van der Waals surface area contributed by atoms with Crippen molar-refractivity contribution in [2.24, 2.45) is 5.41 Å². The largest absolute Gasteiger partial charge is 0.341 e. The Balaban J connectivity index is 1.48. The van der Waals surface area contributed by atoms with Gasteiger partial charge in [-0.25, -0.2) is 0 Å². The SMILES string of the molecule is O=C(Cn1c2ccccc2c(=O)c2ccccc21)N1CCC2(CCNC2)CC1. The summed E-state index contributed by atoms with van der Waals surface area (Å²) in [7, 11) is 0. The van der Waals surface area contributed by atoms with Crippen molar-refractivity contribution in [3.05, 3.63) is 58.8 Å². The van der Waals surface area contributed by atoms with Crippen LogP contribution in [0.2, 0.25) is 0 Å². The van der Waals surface area contributed by atoms with Crippen molar-refractivity contribution >= 4 is 27.7 Å². The maximum Gasteiger partial charge on any atom is 0.242 e. The molecule has 1 aromatic heterocycles. The maximum absolute atomic E-state index is 13.2. The van der Waals surface area contributed by atoms with Crippen LogP contribution < -0.4 is 10.7 Å². The number of fused-ring (bicyclic) bond motifs is 2. The number of piperidine rings is 1. The highest BCUT2D eigenvalue weighted by atomic mass is 16.2. The highest BCUT2D eigenvalue weighted by molar-refractivity contribution is 5.94. The third-order valence-electron chi connectivity index (χ3n) is 6.68. The van der Waals surface area contributed by atoms with Crippen LogP contribution in [0.3, 0.4) is 0 Å². The molecule has 0 radical (unpaired) electrons. The van der Waals surface area contributed by atoms with E-state index < -0.39 is 0 Å². The number of aromatic nitrogens is 1. The number of para-hydroxylation sites is 2. The molecule has 0 bridgehead atoms. The summed E-state index contributed by atoms with van der Waals surface area (Å²) < 4.78 is 2.01. The lowest BCUT2D eigenvalue weighted by Crippen LogP contribution is -2.45. The lowest BCUT2D eigenvalue weighted by atomic mass is 9.78. The smallest absolute Gasteiger partial charge is 0.242 e. The van der Waals surface area contributed by atoms with E-state index in [0.717, 1.165) is 50.1 Å². The summed E-state index contributed by atoms with van der Waals surface area (Å²) >= 11 is 0. The van der Waals surface area contributed by atoms with E-state index in [1.54, 1.807) is 0 Å². The van der Waals surface area contributed by atoms with Gasteiger partial charge < -0.3 is 14.8 Å². The number of benzene rings is 2. The molecule has 28 heavy (non-hydrogen) atoms. The van der Waals surface area contributed by atoms with Gasteiger partial charge in [-0.05, 0) is 55.5 Å². The molecule has 0 unspecified atom stereocenters. The van der Waals surface area contributed by atoms with Crippen LogP contribution in [-0.4, -0.2) is 41.6 Å². The van der Waals surface area contributed by atoms with Gasteiger partial charge in [-0.2, -0.15) is 0 Å². The molecule has 1 amide bonds. The summed E-state index contributed by atoms with van der Waals surface area (Å²) in [6, 6.07) is 15.2. The maximum atomic E-state index is 13.2. The van der Waals surface area contributed by atoms with E-state index in [9.17, 15) is 9.59 Å². The number of likely N-dealkylation sites (tertiary alicyclic amines) is 1. The molecule has 0 saturated carbocycles. The zero-order chi connectivity index (χ0) is 19.1. The normalized spacial score (nSPS) is 18.9. The Morgan fingerprint density at radius 1 is 0.929 bits per heavy atom. The molecule has 5 nitrogen and oxygen atoms in total. The monoisotopic (exact) mass is 375 g/mol. The molecule has 3 heterocycles. The third kappa shape index (κ3) is 2.81. The molecule has 2 saturated heterocycles. The standard InChI is InChI=1S/C23H25N3O2/c27-21(25-13-10-23(11-14-25)9-12-24-16-23)15-26-19-7-3-1-5-17(19)22(28)18-6-2-4-8-20(18)26/h1-8,24H,9-16H2. The Kier molecular flexibility index (Phi) is 4.20. The number of nitrogens with one attached hydrogen (secondary N) is 1. The van der Waals surface area contributed by atoms with Gasteiger partial charge in [-0.15, -0.1) is 0 Å². The number of rotatable bonds is 2. The average molecular weight is 375 g/mol. The molecule has 2 aliphatic heterocycles. The number of hydrogen-bond acceptors (Lipinski definition) is 3. The lowest BCUT2D eigenvalue weighted by Gasteiger charge is -2.39. The summed E-state index contributed by atoms with van der Waals surface area (Å²) in [6.07, 6.45) is 3.39. The minimum Gasteiger partial charge on any atom is -0.341 e. The Bertz CT molecular complexity index is 1040. The fourth-order valence-electron chi connectivity index (χ4n) is 4.94. The molecule has 0 atom stereocenters. The highest BCUT2D eigenvalue weighted by Gasteiger charge is 2.38. The van der Waals surface area contributed by atoms with Crippen molar-refractivity contribution in [2.45, 2.75) is 25.8 Å². The Morgan fingerprint density at radius 2 is 1.54 bits per heavy atom. The summed E-state index contributed by atoms with van der Waals surface area (Å²) in [5.41, 5.74) is 2.08. The molecule has 2 fully saturated rings. The van der Waals surface area contributed by atoms with Crippen molar-refractivity contribution in [3.8, 4) is 0 Å². The number of hydrogen-bond donors (Lipinski definition) is 1. The van der Waals surface area contributed by atoms with Gasteiger partial charge in [-0.3, -0.25) is 9.59 Å². The Hall–Kier alpha value is -2.66. The predicted molar refractivity (Wildman–Crippen MR) is 111 cm³/mol. The summed E-state index contributed by atoms with van der Waals surface area (Å²) in [6.45, 7) is 4.12. The van der Waals surface area contributed by atoms with Crippen LogP contribution in [0, 0.1) is 5.41 Å². The van der Waals surface area contributed by atoms with Crippen molar-refractivity contribution in [1.29, 1.82) is 0 Å². The zero-order valence-electron chi connectivity index (χ0n) is 16.0. The molecular formula is C23H25N3O2. The first-order chi connectivity index (χ1) is 13.7. The fraction of sp³-hybridized carbons (Fsp3) is 0.391. The Morgan fingerprint density at radius 3 is 2.11 bits per heavy atom. The van der Waals surface area contributed by atoms with Gasteiger partial charge in [-0.1, -0.05) is 24.3 Å². The molecule has 3 aromatic rings. The van der Waals surface area contributed by atoms with Crippen molar-refractivity contribution in [3.63, 3.8) is 0 Å². The van der Waals surface area contributed by atoms with Gasteiger partial charge in [0.15, 0.2) is 5.43 Å². The van der Waals surface area contributed by atoms with Gasteiger partial charge in [0, 0.05) is 30.4 Å². The first-order valence-corrected chi connectivity index (χ1v) is 10.2. The molecule has 5 heteroatoms. The third-order valence-corrected chi connectivity index (χ3v) is 6.68. The van der Waals surface area contributed by atoms with Gasteiger partial charge in [0.2, 0.25) is 5.91 Å². The molecule has 144 valence electrons. The number of amides is 1. The van der Waals surface area contributed by atoms with Crippen LogP contribution >= 0.6 is 0 Å². The quantitative estimate of drug-likeness (QED) is 0.701. The molecule has 0 aliphatic carbocycles. The zero-order valence-corrected chi connectivity index (χ0v) is 16.0. The second-order valence-corrected chi connectivity index (χ2v) is 8.26. The summed E-state index contributed by atoms with van der Waals surface area (Å²) in [5.74, 6) is 0.139. The number of pyridine rings is 1. The van der Waals surface area contributed by atoms with Crippen LogP contribution in [0.4, 0.5) is 0 Å². The van der Waals surface area contributed by atoms with Gasteiger partial charge >= 0.3 is 0 Å². The first-order valence-electron chi connectivity index (χ1n) is 10.2. The van der Waals surface area contributed by atoms with E-state index in [4.69, 9.17) is 0 Å². The van der Waals surface area contributed by atoms with E-state index in [1.807, 2.05) is 58.0 Å². The van der Waals surface area contributed by atoms with Gasteiger partial charge in [0.25, 0.3) is 0 Å². The van der Waals surface area contributed by atoms with Crippen LogP contribution in [0.15, 0.2) is 53.3 Å². The lowest BCUT2D eigenvalue weighted by molar-refractivity contribution is -0.133. The summed E-state index contributed by atoms with van der Waals surface area (Å²) in [4.78, 5) is 28.0. The van der Waals surface area contributed by atoms with Crippen molar-refractivity contribution < 1.29 is 4.79 Å². The van der Waals surface area contributed by atoms with E-state index in [2.05, 4.69) is 5.32 Å². The summed E-state index contributed by atoms with van der Waals surface area (Å²) in [5, 5.41) is 4.82. The van der Waals surface area contributed by atoms with E-state index in [1.165, 1.54) is 6.42 Å². The first kappa shape index (κ1) is 17.4. The van der Waals surface area contributed by atoms with Crippen molar-refractivity contribution in [2.75, 3.05) is 26.2 Å². The highest BCUT2D eigenvalue weighted by Crippen LogP contribution is 2.37. The minimum atomic E-state index is 0.0311.